The first kappa shape index (κ1) is 11.0. The molecule has 0 atom stereocenters. The van der Waals surface area contributed by atoms with Crippen molar-refractivity contribution in [3.8, 4) is 11.5 Å². The number of hydrogen-bond donors (Lipinski definition) is 2. The highest BCUT2D eigenvalue weighted by molar-refractivity contribution is 5.80. The number of carbonyl (C=O) groups is 1. The van der Waals surface area contributed by atoms with Gasteiger partial charge in [-0.2, -0.15) is 5.10 Å². The van der Waals surface area contributed by atoms with Gasteiger partial charge in [-0.25, -0.2) is 10.2 Å². The quantitative estimate of drug-likeness (QED) is 0.605. The van der Waals surface area contributed by atoms with Gasteiger partial charge in [0.1, 0.15) is 0 Å². The Balaban J connectivity index is 1.97. The summed E-state index contributed by atoms with van der Waals surface area (Å²) in [5.41, 5.74) is 7.86. The number of hydrogen-bond acceptors (Lipinski definition) is 4. The van der Waals surface area contributed by atoms with Gasteiger partial charge in [0.25, 0.3) is 0 Å². The van der Waals surface area contributed by atoms with Crippen molar-refractivity contribution in [1.82, 2.24) is 5.43 Å². The summed E-state index contributed by atoms with van der Waals surface area (Å²) in [6, 6.07) is 4.88. The van der Waals surface area contributed by atoms with Crippen molar-refractivity contribution in [2.75, 3.05) is 6.79 Å². The van der Waals surface area contributed by atoms with Gasteiger partial charge in [0.05, 0.1) is 0 Å². The maximum absolute atomic E-state index is 10.3. The second-order valence-corrected chi connectivity index (χ2v) is 3.23. The van der Waals surface area contributed by atoms with E-state index in [1.807, 2.05) is 24.3 Å². The molecule has 1 aromatic carbocycles. The molecule has 1 aliphatic rings. The Morgan fingerprint density at radius 2 is 2.24 bits per heavy atom. The third-order valence-corrected chi connectivity index (χ3v) is 2.02. The van der Waals surface area contributed by atoms with Crippen LogP contribution in [0, 0.1) is 0 Å². The Morgan fingerprint density at radius 3 is 3.06 bits per heavy atom. The van der Waals surface area contributed by atoms with Gasteiger partial charge in [0, 0.05) is 6.21 Å². The van der Waals surface area contributed by atoms with Gasteiger partial charge < -0.3 is 15.2 Å². The number of hydrazone groups is 1. The Bertz CT molecular complexity index is 483. The minimum Gasteiger partial charge on any atom is -0.454 e. The summed E-state index contributed by atoms with van der Waals surface area (Å²) in [6.45, 7) is 0.256. The first-order chi connectivity index (χ1) is 8.25. The van der Waals surface area contributed by atoms with E-state index in [4.69, 9.17) is 15.2 Å². The van der Waals surface area contributed by atoms with E-state index in [1.54, 1.807) is 6.08 Å². The zero-order valence-corrected chi connectivity index (χ0v) is 8.92. The Morgan fingerprint density at radius 1 is 1.41 bits per heavy atom. The number of rotatable bonds is 3. The van der Waals surface area contributed by atoms with Gasteiger partial charge in [0.15, 0.2) is 11.5 Å². The van der Waals surface area contributed by atoms with E-state index in [0.29, 0.717) is 0 Å². The fraction of sp³-hybridized carbons (Fsp3) is 0.0909. The zero-order chi connectivity index (χ0) is 12.1. The van der Waals surface area contributed by atoms with Crippen LogP contribution in [0.1, 0.15) is 5.56 Å². The predicted molar refractivity (Wildman–Crippen MR) is 62.8 cm³/mol. The summed E-state index contributed by atoms with van der Waals surface area (Å²) in [4.78, 5) is 10.3. The number of urea groups is 1. The Hall–Kier alpha value is -2.50. The van der Waals surface area contributed by atoms with Crippen molar-refractivity contribution < 1.29 is 14.3 Å². The standard InChI is InChI=1S/C11H11N3O3/c12-11(15)14-13-5-1-2-8-3-4-9-10(6-8)17-7-16-9/h1-6H,7H2,(H3,12,14,15)/b2-1+,13-5+. The number of allylic oxidation sites excluding steroid dienone is 1. The summed E-state index contributed by atoms with van der Waals surface area (Å²) in [5.74, 6) is 1.46. The van der Waals surface area contributed by atoms with E-state index < -0.39 is 6.03 Å². The SMILES string of the molecule is NC(=O)N/N=C/C=C/c1ccc2c(c1)OCO2. The zero-order valence-electron chi connectivity index (χ0n) is 8.92. The van der Waals surface area contributed by atoms with Crippen molar-refractivity contribution >= 4 is 18.3 Å². The number of nitrogens with zero attached hydrogens (tertiary/aromatic N) is 1. The summed E-state index contributed by atoms with van der Waals surface area (Å²) in [5, 5.41) is 3.57. The topological polar surface area (TPSA) is 85.9 Å². The normalized spacial score (nSPS) is 13.4. The Labute approximate surface area is 97.7 Å². The van der Waals surface area contributed by atoms with Crippen LogP contribution >= 0.6 is 0 Å². The van der Waals surface area contributed by atoms with Gasteiger partial charge in [0.2, 0.25) is 6.79 Å². The van der Waals surface area contributed by atoms with Crippen molar-refractivity contribution in [3.05, 3.63) is 29.8 Å². The number of ether oxygens (including phenoxy) is 2. The molecule has 0 spiro atoms. The van der Waals surface area contributed by atoms with Gasteiger partial charge >= 0.3 is 6.03 Å². The molecular formula is C11H11N3O3. The molecule has 0 radical (unpaired) electrons. The van der Waals surface area contributed by atoms with Crippen molar-refractivity contribution in [1.29, 1.82) is 0 Å². The van der Waals surface area contributed by atoms with Crippen LogP contribution in [0.2, 0.25) is 0 Å². The lowest BCUT2D eigenvalue weighted by Crippen LogP contribution is -2.24. The molecule has 17 heavy (non-hydrogen) atoms. The maximum Gasteiger partial charge on any atom is 0.332 e. The Kier molecular flexibility index (Phi) is 3.25. The molecule has 6 heteroatoms. The fourth-order valence-corrected chi connectivity index (χ4v) is 1.31. The van der Waals surface area contributed by atoms with Gasteiger partial charge in [-0.15, -0.1) is 0 Å². The number of nitrogens with two attached hydrogens (primary N) is 1. The average molecular weight is 233 g/mol. The molecule has 0 saturated carbocycles. The number of benzene rings is 1. The molecule has 3 N–H and O–H groups in total. The van der Waals surface area contributed by atoms with Crippen LogP contribution in [0.15, 0.2) is 29.4 Å². The van der Waals surface area contributed by atoms with Gasteiger partial charge in [-0.05, 0) is 23.8 Å². The van der Waals surface area contributed by atoms with Crippen LogP contribution in [-0.2, 0) is 0 Å². The van der Waals surface area contributed by atoms with Gasteiger partial charge in [-0.3, -0.25) is 0 Å². The fourth-order valence-electron chi connectivity index (χ4n) is 1.31. The number of primary amides is 1. The molecule has 0 fully saturated rings. The predicted octanol–water partition coefficient (Wildman–Crippen LogP) is 1.08. The largest absolute Gasteiger partial charge is 0.454 e. The molecular weight excluding hydrogens is 222 g/mol. The average Bonchev–Trinajstić information content (AvgIpc) is 2.75. The smallest absolute Gasteiger partial charge is 0.332 e. The number of carbonyl (C=O) groups excluding carboxylic acids is 1. The molecule has 0 saturated heterocycles. The van der Waals surface area contributed by atoms with E-state index in [2.05, 4.69) is 10.5 Å². The van der Waals surface area contributed by atoms with Gasteiger partial charge in [-0.1, -0.05) is 12.1 Å². The molecule has 0 unspecified atom stereocenters. The molecule has 1 heterocycles. The summed E-state index contributed by atoms with van der Waals surface area (Å²) in [6.07, 6.45) is 4.91. The first-order valence-corrected chi connectivity index (χ1v) is 4.90. The molecule has 1 aromatic rings. The van der Waals surface area contributed by atoms with E-state index in [0.717, 1.165) is 17.1 Å². The van der Waals surface area contributed by atoms with Crippen molar-refractivity contribution in [3.63, 3.8) is 0 Å². The molecule has 0 bridgehead atoms. The van der Waals surface area contributed by atoms with Crippen LogP contribution in [0.4, 0.5) is 4.79 Å². The minimum atomic E-state index is -0.697. The van der Waals surface area contributed by atoms with E-state index in [9.17, 15) is 4.79 Å². The van der Waals surface area contributed by atoms with E-state index in [1.165, 1.54) is 6.21 Å². The molecule has 2 rings (SSSR count). The molecule has 6 nitrogen and oxygen atoms in total. The molecule has 88 valence electrons. The van der Waals surface area contributed by atoms with Crippen LogP contribution in [0.3, 0.4) is 0 Å². The van der Waals surface area contributed by atoms with Crippen molar-refractivity contribution in [2.45, 2.75) is 0 Å². The van der Waals surface area contributed by atoms with E-state index in [-0.39, 0.29) is 6.79 Å². The second kappa shape index (κ2) is 5.02. The lowest BCUT2D eigenvalue weighted by Gasteiger charge is -1.96. The monoisotopic (exact) mass is 233 g/mol. The number of fused-ring (bicyclic) bond motifs is 1. The maximum atomic E-state index is 10.3. The lowest BCUT2D eigenvalue weighted by molar-refractivity contribution is 0.174. The third kappa shape index (κ3) is 2.97. The minimum absolute atomic E-state index is 0.256. The summed E-state index contributed by atoms with van der Waals surface area (Å²) >= 11 is 0. The molecule has 1 aliphatic heterocycles. The summed E-state index contributed by atoms with van der Waals surface area (Å²) < 4.78 is 10.4. The third-order valence-electron chi connectivity index (χ3n) is 2.02. The lowest BCUT2D eigenvalue weighted by atomic mass is 10.2. The molecule has 2 amide bonds. The van der Waals surface area contributed by atoms with Crippen molar-refractivity contribution in [2.24, 2.45) is 10.8 Å². The van der Waals surface area contributed by atoms with Crippen LogP contribution < -0.4 is 20.6 Å². The highest BCUT2D eigenvalue weighted by Crippen LogP contribution is 2.32. The highest BCUT2D eigenvalue weighted by Gasteiger charge is 2.11. The molecule has 0 aliphatic carbocycles. The number of nitrogens with one attached hydrogen (secondary N) is 1. The molecule has 0 aromatic heterocycles. The van der Waals surface area contributed by atoms with E-state index >= 15 is 0 Å². The van der Waals surface area contributed by atoms with Crippen LogP contribution in [0.5, 0.6) is 11.5 Å². The number of amides is 2. The van der Waals surface area contributed by atoms with Crippen LogP contribution in [0.25, 0.3) is 6.08 Å². The summed E-state index contributed by atoms with van der Waals surface area (Å²) in [7, 11) is 0. The first-order valence-electron chi connectivity index (χ1n) is 4.90. The highest BCUT2D eigenvalue weighted by atomic mass is 16.7. The van der Waals surface area contributed by atoms with Crippen LogP contribution in [-0.4, -0.2) is 19.0 Å². The second-order valence-electron chi connectivity index (χ2n) is 3.23.